The van der Waals surface area contributed by atoms with E-state index in [0.717, 1.165) is 24.0 Å². The topological polar surface area (TPSA) is 95.6 Å². The normalized spacial score (nSPS) is 16.7. The van der Waals surface area contributed by atoms with Gasteiger partial charge in [0.15, 0.2) is 9.84 Å². The van der Waals surface area contributed by atoms with E-state index in [2.05, 4.69) is 31.4 Å². The number of benzene rings is 2. The average Bonchev–Trinajstić information content (AvgIpc) is 2.83. The number of amides is 2. The van der Waals surface area contributed by atoms with Crippen LogP contribution in [0, 0.1) is 11.3 Å². The highest BCUT2D eigenvalue weighted by atomic mass is 32.2. The van der Waals surface area contributed by atoms with Gasteiger partial charge in [0, 0.05) is 45.3 Å². The second-order valence-electron chi connectivity index (χ2n) is 11.2. The second kappa shape index (κ2) is 12.2. The van der Waals surface area contributed by atoms with Crippen LogP contribution in [0.4, 0.5) is 0 Å². The lowest BCUT2D eigenvalue weighted by molar-refractivity contribution is -0.130. The first-order chi connectivity index (χ1) is 17.3. The van der Waals surface area contributed by atoms with Crippen LogP contribution in [0.1, 0.15) is 64.1 Å². The summed E-state index contributed by atoms with van der Waals surface area (Å²) >= 11 is 0. The first kappa shape index (κ1) is 28.9. The number of carbonyl (C=O) groups excluding carboxylic acids is 2. The molecule has 1 saturated heterocycles. The van der Waals surface area contributed by atoms with Gasteiger partial charge in [-0.15, -0.1) is 0 Å². The summed E-state index contributed by atoms with van der Waals surface area (Å²) in [6.45, 7) is 9.92. The Morgan fingerprint density at radius 2 is 1.54 bits per heavy atom. The van der Waals surface area contributed by atoms with Crippen LogP contribution >= 0.6 is 0 Å². The zero-order valence-corrected chi connectivity index (χ0v) is 23.5. The van der Waals surface area contributed by atoms with Crippen molar-refractivity contribution in [2.45, 2.75) is 63.9 Å². The maximum atomic E-state index is 13.0. The van der Waals surface area contributed by atoms with Crippen LogP contribution in [0.3, 0.4) is 0 Å². The molecule has 0 radical (unpaired) electrons. The number of hydrogen-bond donors (Lipinski definition) is 2. The number of hydrogen-bond acceptors (Lipinski definition) is 5. The predicted molar refractivity (Wildman–Crippen MR) is 147 cm³/mol. The quantitative estimate of drug-likeness (QED) is 0.515. The molecule has 1 aliphatic heterocycles. The van der Waals surface area contributed by atoms with E-state index in [1.807, 2.05) is 47.4 Å². The predicted octanol–water partition coefficient (Wildman–Crippen LogP) is 3.95. The maximum Gasteiger partial charge on any atom is 0.220 e. The lowest BCUT2D eigenvalue weighted by Crippen LogP contribution is -2.50. The summed E-state index contributed by atoms with van der Waals surface area (Å²) in [5, 5.41) is 6.90. The number of carbonyl (C=O) groups is 2. The third-order valence-corrected chi connectivity index (χ3v) is 8.34. The van der Waals surface area contributed by atoms with Gasteiger partial charge in [0.2, 0.25) is 11.8 Å². The molecule has 0 aliphatic carbocycles. The maximum absolute atomic E-state index is 13.0. The van der Waals surface area contributed by atoms with Crippen LogP contribution < -0.4 is 10.6 Å². The first-order valence-corrected chi connectivity index (χ1v) is 14.9. The molecule has 2 aromatic carbocycles. The molecule has 1 unspecified atom stereocenters. The van der Waals surface area contributed by atoms with Gasteiger partial charge >= 0.3 is 0 Å². The molecule has 0 bridgehead atoms. The van der Waals surface area contributed by atoms with Crippen LogP contribution in [0.5, 0.6) is 0 Å². The second-order valence-corrected chi connectivity index (χ2v) is 13.2. The van der Waals surface area contributed by atoms with E-state index in [9.17, 15) is 18.0 Å². The van der Waals surface area contributed by atoms with E-state index in [1.54, 1.807) is 19.1 Å². The molecule has 2 atom stereocenters. The van der Waals surface area contributed by atoms with Crippen LogP contribution in [0.25, 0.3) is 0 Å². The molecule has 8 heteroatoms. The first-order valence-electron chi connectivity index (χ1n) is 13.0. The van der Waals surface area contributed by atoms with E-state index in [-0.39, 0.29) is 40.1 Å². The summed E-state index contributed by atoms with van der Waals surface area (Å²) < 4.78 is 23.9. The van der Waals surface area contributed by atoms with Crippen LogP contribution in [-0.2, 0) is 19.4 Å². The van der Waals surface area contributed by atoms with Crippen molar-refractivity contribution in [1.82, 2.24) is 15.5 Å². The minimum Gasteiger partial charge on any atom is -0.352 e. The van der Waals surface area contributed by atoms with Gasteiger partial charge in [-0.05, 0) is 47.4 Å². The van der Waals surface area contributed by atoms with Crippen LogP contribution in [0.2, 0.25) is 0 Å². The van der Waals surface area contributed by atoms with E-state index >= 15 is 0 Å². The van der Waals surface area contributed by atoms with E-state index in [0.29, 0.717) is 26.1 Å². The smallest absolute Gasteiger partial charge is 0.220 e. The molecule has 0 aromatic heterocycles. The average molecular weight is 528 g/mol. The molecule has 1 fully saturated rings. The minimum atomic E-state index is -3.28. The van der Waals surface area contributed by atoms with Gasteiger partial charge in [-0.2, -0.15) is 0 Å². The standard InChI is InChI=1S/C29H41N3O4S/c1-21(33)32-17-15-22(16-18-32)19-27(34)31-26(29(2,3)4)20-30-28(23-9-7-6-8-10-23)24-11-13-25(14-12-24)37(5,35)36/h6-14,22,26,28,30H,15-20H2,1-5H3,(H,31,34)/t26-,28?/m1/s1. The summed E-state index contributed by atoms with van der Waals surface area (Å²) in [5.74, 6) is 0.423. The van der Waals surface area contributed by atoms with Gasteiger partial charge in [-0.1, -0.05) is 63.2 Å². The molecular formula is C29H41N3O4S. The van der Waals surface area contributed by atoms with E-state index in [4.69, 9.17) is 0 Å². The third-order valence-electron chi connectivity index (χ3n) is 7.22. The van der Waals surface area contributed by atoms with Crippen molar-refractivity contribution in [1.29, 1.82) is 0 Å². The highest BCUT2D eigenvalue weighted by Crippen LogP contribution is 2.26. The monoisotopic (exact) mass is 527 g/mol. The zero-order chi connectivity index (χ0) is 27.2. The number of nitrogens with zero attached hydrogens (tertiary/aromatic N) is 1. The number of nitrogens with one attached hydrogen (secondary N) is 2. The van der Waals surface area contributed by atoms with Gasteiger partial charge < -0.3 is 15.5 Å². The fourth-order valence-corrected chi connectivity index (χ4v) is 5.39. The van der Waals surface area contributed by atoms with Crippen LogP contribution in [0.15, 0.2) is 59.5 Å². The Labute approximate surface area is 221 Å². The van der Waals surface area contributed by atoms with Gasteiger partial charge in [0.25, 0.3) is 0 Å². The lowest BCUT2D eigenvalue weighted by atomic mass is 9.85. The van der Waals surface area contributed by atoms with E-state index < -0.39 is 9.84 Å². The molecule has 37 heavy (non-hydrogen) atoms. The summed E-state index contributed by atoms with van der Waals surface area (Å²) in [6, 6.07) is 16.7. The Morgan fingerprint density at radius 1 is 0.973 bits per heavy atom. The third kappa shape index (κ3) is 8.40. The van der Waals surface area contributed by atoms with Crippen molar-refractivity contribution in [2.24, 2.45) is 11.3 Å². The zero-order valence-electron chi connectivity index (χ0n) is 22.7. The van der Waals surface area contributed by atoms with Gasteiger partial charge in [-0.25, -0.2) is 8.42 Å². The molecule has 0 saturated carbocycles. The Kier molecular flexibility index (Phi) is 9.53. The van der Waals surface area contributed by atoms with Crippen molar-refractivity contribution in [3.63, 3.8) is 0 Å². The van der Waals surface area contributed by atoms with Crippen molar-refractivity contribution in [3.8, 4) is 0 Å². The number of sulfone groups is 1. The van der Waals surface area contributed by atoms with Crippen molar-refractivity contribution >= 4 is 21.7 Å². The summed E-state index contributed by atoms with van der Waals surface area (Å²) in [5.41, 5.74) is 1.84. The highest BCUT2D eigenvalue weighted by molar-refractivity contribution is 7.90. The minimum absolute atomic E-state index is 0.0387. The largest absolute Gasteiger partial charge is 0.352 e. The summed E-state index contributed by atoms with van der Waals surface area (Å²) in [7, 11) is -3.28. The van der Waals surface area contributed by atoms with Crippen LogP contribution in [-0.4, -0.2) is 57.1 Å². The van der Waals surface area contributed by atoms with Crippen molar-refractivity contribution in [3.05, 3.63) is 65.7 Å². The number of rotatable bonds is 9. The van der Waals surface area contributed by atoms with Gasteiger partial charge in [0.1, 0.15) is 0 Å². The SMILES string of the molecule is CC(=O)N1CCC(CC(=O)N[C@H](CNC(c2ccccc2)c2ccc(S(C)(=O)=O)cc2)C(C)(C)C)CC1. The number of piperidine rings is 1. The Hall–Kier alpha value is -2.71. The molecular weight excluding hydrogens is 486 g/mol. The molecule has 2 aromatic rings. The lowest BCUT2D eigenvalue weighted by Gasteiger charge is -2.35. The molecule has 0 spiro atoms. The van der Waals surface area contributed by atoms with Crippen molar-refractivity contribution < 1.29 is 18.0 Å². The van der Waals surface area contributed by atoms with E-state index in [1.165, 1.54) is 6.26 Å². The fourth-order valence-electron chi connectivity index (χ4n) is 4.76. The Morgan fingerprint density at radius 3 is 2.05 bits per heavy atom. The molecule has 7 nitrogen and oxygen atoms in total. The number of likely N-dealkylation sites (tertiary alicyclic amines) is 1. The highest BCUT2D eigenvalue weighted by Gasteiger charge is 2.29. The fraction of sp³-hybridized carbons (Fsp3) is 0.517. The molecule has 202 valence electrons. The molecule has 2 amide bonds. The Balaban J connectivity index is 1.70. The molecule has 1 heterocycles. The Bertz CT molecular complexity index is 1150. The molecule has 1 aliphatic rings. The van der Waals surface area contributed by atoms with Crippen molar-refractivity contribution in [2.75, 3.05) is 25.9 Å². The summed E-state index contributed by atoms with van der Waals surface area (Å²) in [6.07, 6.45) is 3.38. The summed E-state index contributed by atoms with van der Waals surface area (Å²) in [4.78, 5) is 26.8. The molecule has 3 rings (SSSR count). The van der Waals surface area contributed by atoms with Gasteiger partial charge in [-0.3, -0.25) is 9.59 Å². The van der Waals surface area contributed by atoms with Gasteiger partial charge in [0.05, 0.1) is 10.9 Å². The molecule has 2 N–H and O–H groups in total.